The van der Waals surface area contributed by atoms with Gasteiger partial charge >= 0.3 is 0 Å². The zero-order valence-electron chi connectivity index (χ0n) is 9.89. The van der Waals surface area contributed by atoms with Crippen molar-refractivity contribution in [2.75, 3.05) is 0 Å². The number of aryl methyl sites for hydroxylation is 1. The van der Waals surface area contributed by atoms with Crippen molar-refractivity contribution in [3.05, 3.63) is 47.7 Å². The highest BCUT2D eigenvalue weighted by Gasteiger charge is 2.19. The molecule has 0 atom stereocenters. The number of pyridine rings is 1. The Morgan fingerprint density at radius 1 is 1.17 bits per heavy atom. The summed E-state index contributed by atoms with van der Waals surface area (Å²) in [4.78, 5) is 4.68. The van der Waals surface area contributed by atoms with Crippen LogP contribution in [0.15, 0.2) is 36.4 Å². The molecule has 0 saturated carbocycles. The molecule has 0 radical (unpaired) electrons. The molecule has 0 fully saturated rings. The van der Waals surface area contributed by atoms with E-state index in [9.17, 15) is 0 Å². The van der Waals surface area contributed by atoms with Crippen LogP contribution in [-0.2, 0) is 12.8 Å². The lowest BCUT2D eigenvalue weighted by atomic mass is 10.1. The van der Waals surface area contributed by atoms with Gasteiger partial charge < -0.3 is 4.74 Å². The molecule has 3 rings (SSSR count). The number of nitriles is 1. The first-order valence-electron chi connectivity index (χ1n) is 6.02. The number of hydrogen-bond acceptors (Lipinski definition) is 3. The molecular weight excluding hydrogens is 224 g/mol. The highest BCUT2D eigenvalue weighted by molar-refractivity contribution is 5.63. The Balaban J connectivity index is 2.13. The molecule has 1 aliphatic carbocycles. The maximum Gasteiger partial charge on any atom is 0.292 e. The molecule has 0 N–H and O–H groups in total. The first-order valence-corrected chi connectivity index (χ1v) is 6.02. The van der Waals surface area contributed by atoms with E-state index in [-0.39, 0.29) is 0 Å². The van der Waals surface area contributed by atoms with Gasteiger partial charge in [0.2, 0.25) is 0 Å². The molecule has 88 valence electrons. The first-order chi connectivity index (χ1) is 8.88. The Morgan fingerprint density at radius 2 is 2.00 bits per heavy atom. The van der Waals surface area contributed by atoms with Crippen LogP contribution in [0.4, 0.5) is 0 Å². The monoisotopic (exact) mass is 236 g/mol. The molecule has 0 amide bonds. The topological polar surface area (TPSA) is 45.9 Å². The standard InChI is InChI=1S/C15H12N2O/c16-10-18-15-9-14(11-5-2-1-3-6-11)17-13-8-4-7-12(13)15/h1-3,5-6,9H,4,7-8H2. The molecule has 18 heavy (non-hydrogen) atoms. The van der Waals surface area contributed by atoms with E-state index < -0.39 is 0 Å². The second-order valence-corrected chi connectivity index (χ2v) is 4.34. The van der Waals surface area contributed by atoms with Crippen molar-refractivity contribution in [1.82, 2.24) is 4.98 Å². The van der Waals surface area contributed by atoms with Gasteiger partial charge in [0.15, 0.2) is 0 Å². The SMILES string of the molecule is N#COc1cc(-c2ccccc2)nc2c1CCC2. The van der Waals surface area contributed by atoms with Gasteiger partial charge in [0.1, 0.15) is 5.75 Å². The fraction of sp³-hybridized carbons (Fsp3) is 0.200. The largest absolute Gasteiger partial charge is 0.388 e. The molecule has 0 unspecified atom stereocenters. The molecule has 3 nitrogen and oxygen atoms in total. The van der Waals surface area contributed by atoms with Crippen LogP contribution in [0.5, 0.6) is 5.75 Å². The van der Waals surface area contributed by atoms with E-state index in [1.165, 1.54) is 0 Å². The molecule has 1 aromatic carbocycles. The highest BCUT2D eigenvalue weighted by atomic mass is 16.5. The van der Waals surface area contributed by atoms with Crippen molar-refractivity contribution in [2.45, 2.75) is 19.3 Å². The number of fused-ring (bicyclic) bond motifs is 1. The van der Waals surface area contributed by atoms with Gasteiger partial charge in [-0.05, 0) is 19.3 Å². The highest BCUT2D eigenvalue weighted by Crippen LogP contribution is 2.33. The van der Waals surface area contributed by atoms with Crippen LogP contribution in [0.1, 0.15) is 17.7 Å². The Bertz CT molecular complexity index is 614. The second kappa shape index (κ2) is 4.50. The van der Waals surface area contributed by atoms with Crippen molar-refractivity contribution in [3.63, 3.8) is 0 Å². The lowest BCUT2D eigenvalue weighted by Crippen LogP contribution is -1.96. The Morgan fingerprint density at radius 3 is 2.78 bits per heavy atom. The normalized spacial score (nSPS) is 12.8. The maximum absolute atomic E-state index is 8.72. The van der Waals surface area contributed by atoms with Gasteiger partial charge in [-0.2, -0.15) is 0 Å². The van der Waals surface area contributed by atoms with E-state index in [1.807, 2.05) is 36.4 Å². The average molecular weight is 236 g/mol. The van der Waals surface area contributed by atoms with Gasteiger partial charge in [0.05, 0.1) is 5.69 Å². The van der Waals surface area contributed by atoms with Crippen molar-refractivity contribution >= 4 is 0 Å². The van der Waals surface area contributed by atoms with Crippen LogP contribution in [0, 0.1) is 11.5 Å². The quantitative estimate of drug-likeness (QED) is 0.753. The Hall–Kier alpha value is -2.34. The summed E-state index contributed by atoms with van der Waals surface area (Å²) in [5, 5.41) is 8.72. The van der Waals surface area contributed by atoms with Crippen molar-refractivity contribution < 1.29 is 4.74 Å². The van der Waals surface area contributed by atoms with Gasteiger partial charge in [0, 0.05) is 22.9 Å². The number of aromatic nitrogens is 1. The van der Waals surface area contributed by atoms with E-state index >= 15 is 0 Å². The molecule has 2 aromatic rings. The second-order valence-electron chi connectivity index (χ2n) is 4.34. The third-order valence-electron chi connectivity index (χ3n) is 3.23. The Kier molecular flexibility index (Phi) is 2.70. The van der Waals surface area contributed by atoms with E-state index in [0.29, 0.717) is 5.75 Å². The van der Waals surface area contributed by atoms with Crippen LogP contribution in [0.2, 0.25) is 0 Å². The summed E-state index contributed by atoms with van der Waals surface area (Å²) in [5.41, 5.74) is 4.09. The van der Waals surface area contributed by atoms with Crippen LogP contribution in [0.25, 0.3) is 11.3 Å². The lowest BCUT2D eigenvalue weighted by molar-refractivity contribution is 0.500. The summed E-state index contributed by atoms with van der Waals surface area (Å²) in [6.45, 7) is 0. The predicted molar refractivity (Wildman–Crippen MR) is 67.9 cm³/mol. The maximum atomic E-state index is 8.72. The molecule has 1 aromatic heterocycles. The van der Waals surface area contributed by atoms with Gasteiger partial charge in [-0.25, -0.2) is 0 Å². The molecule has 0 aliphatic heterocycles. The average Bonchev–Trinajstić information content (AvgIpc) is 2.88. The van der Waals surface area contributed by atoms with E-state index in [4.69, 9.17) is 10.00 Å². The van der Waals surface area contributed by atoms with Crippen LogP contribution < -0.4 is 4.74 Å². The summed E-state index contributed by atoms with van der Waals surface area (Å²) in [6.07, 6.45) is 4.77. The van der Waals surface area contributed by atoms with Crippen LogP contribution >= 0.6 is 0 Å². The summed E-state index contributed by atoms with van der Waals surface area (Å²) >= 11 is 0. The minimum Gasteiger partial charge on any atom is -0.388 e. The van der Waals surface area contributed by atoms with Gasteiger partial charge in [-0.1, -0.05) is 30.3 Å². The van der Waals surface area contributed by atoms with E-state index in [2.05, 4.69) is 4.98 Å². The Labute approximate surface area is 106 Å². The molecule has 0 saturated heterocycles. The number of benzene rings is 1. The third-order valence-corrected chi connectivity index (χ3v) is 3.23. The molecule has 3 heteroatoms. The molecule has 1 heterocycles. The summed E-state index contributed by atoms with van der Waals surface area (Å²) < 4.78 is 5.08. The van der Waals surface area contributed by atoms with Gasteiger partial charge in [-0.3, -0.25) is 4.98 Å². The molecule has 0 bridgehead atoms. The first kappa shape index (κ1) is 10.8. The lowest BCUT2D eigenvalue weighted by Gasteiger charge is -2.08. The summed E-state index contributed by atoms with van der Waals surface area (Å²) in [7, 11) is 0. The molecule has 0 spiro atoms. The van der Waals surface area contributed by atoms with Crippen molar-refractivity contribution in [1.29, 1.82) is 5.26 Å². The summed E-state index contributed by atoms with van der Waals surface area (Å²) in [6, 6.07) is 11.8. The number of ether oxygens (including phenoxy) is 1. The molecule has 1 aliphatic rings. The predicted octanol–water partition coefficient (Wildman–Crippen LogP) is 3.10. The minimum absolute atomic E-state index is 0.666. The van der Waals surface area contributed by atoms with E-state index in [0.717, 1.165) is 41.8 Å². The number of hydrogen-bond donors (Lipinski definition) is 0. The zero-order chi connectivity index (χ0) is 12.4. The van der Waals surface area contributed by atoms with Crippen molar-refractivity contribution in [2.24, 2.45) is 0 Å². The van der Waals surface area contributed by atoms with E-state index in [1.54, 1.807) is 6.26 Å². The third kappa shape index (κ3) is 1.82. The van der Waals surface area contributed by atoms with Gasteiger partial charge in [0.25, 0.3) is 6.26 Å². The number of rotatable bonds is 2. The zero-order valence-corrected chi connectivity index (χ0v) is 9.89. The fourth-order valence-corrected chi connectivity index (χ4v) is 2.40. The van der Waals surface area contributed by atoms with Gasteiger partial charge in [-0.15, -0.1) is 5.26 Å². The van der Waals surface area contributed by atoms with Crippen LogP contribution in [0.3, 0.4) is 0 Å². The van der Waals surface area contributed by atoms with Crippen molar-refractivity contribution in [3.8, 4) is 23.3 Å². The minimum atomic E-state index is 0.666. The number of nitrogens with zero attached hydrogens (tertiary/aromatic N) is 2. The fourth-order valence-electron chi connectivity index (χ4n) is 2.40. The smallest absolute Gasteiger partial charge is 0.292 e. The van der Waals surface area contributed by atoms with Crippen LogP contribution in [-0.4, -0.2) is 4.98 Å². The molecular formula is C15H12N2O. The summed E-state index contributed by atoms with van der Waals surface area (Å²) in [5.74, 6) is 0.666.